The molecule has 0 aliphatic heterocycles. The molecule has 2 N–H and O–H groups in total. The fraction of sp³-hybridized carbons (Fsp3) is 1.00. The van der Waals surface area contributed by atoms with Gasteiger partial charge in [-0.25, -0.2) is 0 Å². The third-order valence-electron chi connectivity index (χ3n) is 3.33. The van der Waals surface area contributed by atoms with E-state index in [2.05, 4.69) is 39.9 Å². The van der Waals surface area contributed by atoms with Crippen LogP contribution in [0.1, 0.15) is 60.8 Å². The molecule has 3 heteroatoms. The molecule has 0 aromatic rings. The molecule has 1 atom stereocenters. The summed E-state index contributed by atoms with van der Waals surface area (Å²) in [4.78, 5) is 0. The van der Waals surface area contributed by atoms with Crippen LogP contribution in [0.5, 0.6) is 0 Å². The van der Waals surface area contributed by atoms with Gasteiger partial charge >= 0.3 is 0 Å². The van der Waals surface area contributed by atoms with E-state index in [0.29, 0.717) is 12.1 Å². The Hall–Kier alpha value is -0.120. The van der Waals surface area contributed by atoms with Gasteiger partial charge in [0.1, 0.15) is 0 Å². The molecule has 18 heavy (non-hydrogen) atoms. The highest BCUT2D eigenvalue weighted by Gasteiger charge is 2.33. The largest absolute Gasteiger partial charge is 0.393 e. The minimum atomic E-state index is -0.222. The summed E-state index contributed by atoms with van der Waals surface area (Å²) in [7, 11) is 0. The standard InChI is InChI=1S/C15H31NO2/c1-11(17)9-15(5,6)10-16-12-7-13(8-12)18-14(2,3)4/h11-13,16-17H,7-10H2,1-6H3. The van der Waals surface area contributed by atoms with E-state index in [1.54, 1.807) is 0 Å². The van der Waals surface area contributed by atoms with Crippen molar-refractivity contribution < 1.29 is 9.84 Å². The fourth-order valence-corrected chi connectivity index (χ4v) is 2.62. The lowest BCUT2D eigenvalue weighted by molar-refractivity contribution is -0.103. The Kier molecular flexibility index (Phi) is 5.22. The van der Waals surface area contributed by atoms with Crippen LogP contribution in [0.15, 0.2) is 0 Å². The lowest BCUT2D eigenvalue weighted by atomic mass is 9.84. The van der Waals surface area contributed by atoms with E-state index in [0.717, 1.165) is 25.8 Å². The predicted octanol–water partition coefficient (Wildman–Crippen LogP) is 2.72. The Bertz CT molecular complexity index is 250. The maximum Gasteiger partial charge on any atom is 0.0612 e. The summed E-state index contributed by atoms with van der Waals surface area (Å²) in [6.45, 7) is 13.6. The van der Waals surface area contributed by atoms with E-state index in [1.807, 2.05) is 6.92 Å². The number of rotatable bonds is 6. The molecule has 0 saturated heterocycles. The van der Waals surface area contributed by atoms with Crippen LogP contribution >= 0.6 is 0 Å². The zero-order valence-electron chi connectivity index (χ0n) is 12.9. The maximum absolute atomic E-state index is 9.45. The number of hydrogen-bond donors (Lipinski definition) is 2. The fourth-order valence-electron chi connectivity index (χ4n) is 2.62. The second kappa shape index (κ2) is 5.89. The Balaban J connectivity index is 2.17. The Labute approximate surface area is 112 Å². The minimum absolute atomic E-state index is 0.0266. The van der Waals surface area contributed by atoms with E-state index in [1.165, 1.54) is 0 Å². The van der Waals surface area contributed by atoms with Gasteiger partial charge in [0.15, 0.2) is 0 Å². The lowest BCUT2D eigenvalue weighted by Crippen LogP contribution is -2.50. The van der Waals surface area contributed by atoms with Crippen molar-refractivity contribution in [1.82, 2.24) is 5.32 Å². The summed E-state index contributed by atoms with van der Waals surface area (Å²) in [5.41, 5.74) is 0.130. The van der Waals surface area contributed by atoms with Gasteiger partial charge in [0.2, 0.25) is 0 Å². The van der Waals surface area contributed by atoms with Gasteiger partial charge in [0, 0.05) is 12.6 Å². The molecule has 1 saturated carbocycles. The van der Waals surface area contributed by atoms with Crippen molar-refractivity contribution in [3.05, 3.63) is 0 Å². The van der Waals surface area contributed by atoms with Crippen LogP contribution in [-0.2, 0) is 4.74 Å². The van der Waals surface area contributed by atoms with Crippen LogP contribution in [0.3, 0.4) is 0 Å². The van der Waals surface area contributed by atoms with Crippen molar-refractivity contribution in [2.24, 2.45) is 5.41 Å². The molecule has 3 nitrogen and oxygen atoms in total. The molecule has 108 valence electrons. The summed E-state index contributed by atoms with van der Waals surface area (Å²) in [6.07, 6.45) is 3.26. The first-order valence-corrected chi connectivity index (χ1v) is 7.17. The van der Waals surface area contributed by atoms with Crippen molar-refractivity contribution in [2.75, 3.05) is 6.54 Å². The predicted molar refractivity (Wildman–Crippen MR) is 75.7 cm³/mol. The molecule has 0 heterocycles. The highest BCUT2D eigenvalue weighted by Crippen LogP contribution is 2.29. The SMILES string of the molecule is CC(O)CC(C)(C)CNC1CC(OC(C)(C)C)C1. The smallest absolute Gasteiger partial charge is 0.0612 e. The van der Waals surface area contributed by atoms with Crippen LogP contribution in [0, 0.1) is 5.41 Å². The molecule has 0 bridgehead atoms. The zero-order chi connectivity index (χ0) is 14.0. The molecule has 0 aromatic carbocycles. The number of ether oxygens (including phenoxy) is 1. The molecule has 0 radical (unpaired) electrons. The molecule has 1 fully saturated rings. The highest BCUT2D eigenvalue weighted by molar-refractivity contribution is 4.89. The minimum Gasteiger partial charge on any atom is -0.393 e. The normalized spacial score (nSPS) is 26.8. The Morgan fingerprint density at radius 2 is 1.78 bits per heavy atom. The average Bonchev–Trinajstić information content (AvgIpc) is 2.04. The second-order valence-corrected chi connectivity index (χ2v) is 7.62. The number of aliphatic hydroxyl groups is 1. The monoisotopic (exact) mass is 257 g/mol. The van der Waals surface area contributed by atoms with Crippen molar-refractivity contribution in [1.29, 1.82) is 0 Å². The van der Waals surface area contributed by atoms with E-state index < -0.39 is 0 Å². The first-order valence-electron chi connectivity index (χ1n) is 7.17. The third kappa shape index (κ3) is 6.17. The van der Waals surface area contributed by atoms with Crippen LogP contribution in [0.4, 0.5) is 0 Å². The molecule has 0 aromatic heterocycles. The Morgan fingerprint density at radius 1 is 1.22 bits per heavy atom. The van der Waals surface area contributed by atoms with Crippen LogP contribution in [0.25, 0.3) is 0 Å². The summed E-state index contributed by atoms with van der Waals surface area (Å²) in [6, 6.07) is 0.589. The van der Waals surface area contributed by atoms with Crippen molar-refractivity contribution in [2.45, 2.75) is 84.7 Å². The highest BCUT2D eigenvalue weighted by atomic mass is 16.5. The summed E-state index contributed by atoms with van der Waals surface area (Å²) in [5, 5.41) is 13.0. The van der Waals surface area contributed by atoms with Gasteiger partial charge in [-0.15, -0.1) is 0 Å². The molecular weight excluding hydrogens is 226 g/mol. The summed E-state index contributed by atoms with van der Waals surface area (Å²) in [5.74, 6) is 0. The van der Waals surface area contributed by atoms with Crippen molar-refractivity contribution in [3.8, 4) is 0 Å². The van der Waals surface area contributed by atoms with Gasteiger partial charge in [-0.1, -0.05) is 13.8 Å². The second-order valence-electron chi connectivity index (χ2n) is 7.62. The molecule has 1 aliphatic carbocycles. The molecule has 0 spiro atoms. The zero-order valence-corrected chi connectivity index (χ0v) is 12.9. The van der Waals surface area contributed by atoms with Gasteiger partial charge < -0.3 is 15.2 Å². The van der Waals surface area contributed by atoms with E-state index in [4.69, 9.17) is 4.74 Å². The van der Waals surface area contributed by atoms with Gasteiger partial charge in [0.25, 0.3) is 0 Å². The van der Waals surface area contributed by atoms with Gasteiger partial charge in [-0.2, -0.15) is 0 Å². The summed E-state index contributed by atoms with van der Waals surface area (Å²) < 4.78 is 5.92. The Morgan fingerprint density at radius 3 is 2.22 bits per heavy atom. The van der Waals surface area contributed by atoms with E-state index >= 15 is 0 Å². The first-order chi connectivity index (χ1) is 8.07. The number of nitrogens with one attached hydrogen (secondary N) is 1. The van der Waals surface area contributed by atoms with Gasteiger partial charge in [-0.3, -0.25) is 0 Å². The quantitative estimate of drug-likeness (QED) is 0.769. The summed E-state index contributed by atoms with van der Waals surface area (Å²) >= 11 is 0. The van der Waals surface area contributed by atoms with E-state index in [9.17, 15) is 5.11 Å². The molecule has 1 aliphatic rings. The average molecular weight is 257 g/mol. The van der Waals surface area contributed by atoms with E-state index in [-0.39, 0.29) is 17.1 Å². The molecule has 1 rings (SSSR count). The van der Waals surface area contributed by atoms with Crippen LogP contribution in [-0.4, -0.2) is 35.5 Å². The van der Waals surface area contributed by atoms with Gasteiger partial charge in [0.05, 0.1) is 17.8 Å². The van der Waals surface area contributed by atoms with Gasteiger partial charge in [-0.05, 0) is 52.4 Å². The van der Waals surface area contributed by atoms with Crippen LogP contribution in [0.2, 0.25) is 0 Å². The van der Waals surface area contributed by atoms with Crippen LogP contribution < -0.4 is 5.32 Å². The van der Waals surface area contributed by atoms with Crippen molar-refractivity contribution in [3.63, 3.8) is 0 Å². The number of hydrogen-bond acceptors (Lipinski definition) is 3. The molecule has 1 unspecified atom stereocenters. The van der Waals surface area contributed by atoms with Crippen molar-refractivity contribution >= 4 is 0 Å². The lowest BCUT2D eigenvalue weighted by Gasteiger charge is -2.41. The first kappa shape index (κ1) is 15.9. The molecule has 0 amide bonds. The topological polar surface area (TPSA) is 41.5 Å². The third-order valence-corrected chi connectivity index (χ3v) is 3.33. The maximum atomic E-state index is 9.45. The molecular formula is C15H31NO2. The number of aliphatic hydroxyl groups excluding tert-OH is 1.